The Hall–Kier alpha value is -3.09. The molecule has 7 nitrogen and oxygen atoms in total. The fourth-order valence-corrected chi connectivity index (χ4v) is 3.08. The Balaban J connectivity index is 1.68. The molecule has 0 unspecified atom stereocenters. The van der Waals surface area contributed by atoms with Gasteiger partial charge in [0.25, 0.3) is 0 Å². The number of benzene rings is 1. The number of nitrogens with zero attached hydrogens (tertiary/aromatic N) is 2. The second-order valence-corrected chi connectivity index (χ2v) is 6.47. The first-order valence-electron chi connectivity index (χ1n) is 9.02. The highest BCUT2D eigenvalue weighted by Crippen LogP contribution is 2.33. The monoisotopic (exact) mass is 368 g/mol. The van der Waals surface area contributed by atoms with Crippen molar-refractivity contribution in [2.24, 2.45) is 0 Å². The van der Waals surface area contributed by atoms with Crippen molar-refractivity contribution in [3.63, 3.8) is 0 Å². The van der Waals surface area contributed by atoms with Crippen LogP contribution in [0.4, 0.5) is 16.2 Å². The van der Waals surface area contributed by atoms with Gasteiger partial charge in [-0.05, 0) is 50.1 Å². The second kappa shape index (κ2) is 8.53. The molecule has 0 radical (unpaired) electrons. The predicted molar refractivity (Wildman–Crippen MR) is 104 cm³/mol. The largest absolute Gasteiger partial charge is 0.495 e. The van der Waals surface area contributed by atoms with E-state index < -0.39 is 0 Å². The molecule has 0 aliphatic carbocycles. The average Bonchev–Trinajstić information content (AvgIpc) is 2.67. The molecule has 27 heavy (non-hydrogen) atoms. The normalized spacial score (nSPS) is 14.0. The third-order valence-electron chi connectivity index (χ3n) is 4.43. The molecule has 142 valence electrons. The number of rotatable bonds is 5. The minimum absolute atomic E-state index is 0.0756. The number of amides is 3. The fraction of sp³-hybridized carbons (Fsp3) is 0.350. The van der Waals surface area contributed by atoms with Crippen molar-refractivity contribution in [3.05, 3.63) is 47.8 Å². The van der Waals surface area contributed by atoms with Crippen molar-refractivity contribution in [2.45, 2.75) is 32.7 Å². The number of aryl methyl sites for hydroxylation is 1. The highest BCUT2D eigenvalue weighted by molar-refractivity contribution is 5.97. The molecule has 7 heteroatoms. The molecule has 0 spiro atoms. The third kappa shape index (κ3) is 4.75. The maximum Gasteiger partial charge on any atom is 0.319 e. The number of methoxy groups -OCH3 is 1. The number of nitrogens with one attached hydrogen (secondary N) is 2. The molecule has 2 aromatic rings. The number of carbonyl (C=O) groups is 2. The standard InChI is InChI=1S/C20H24N4O3/c1-14-6-5-7-16(22-14)13-21-20(26)23-15-9-10-18(27-2)17(12-15)24-11-4-3-8-19(24)25/h5-7,9-10,12H,3-4,8,11,13H2,1-2H3,(H2,21,23,26). The van der Waals surface area contributed by atoms with Crippen LogP contribution in [-0.4, -0.2) is 30.6 Å². The molecule has 0 bridgehead atoms. The van der Waals surface area contributed by atoms with Crippen LogP contribution >= 0.6 is 0 Å². The summed E-state index contributed by atoms with van der Waals surface area (Å²) in [5.41, 5.74) is 2.97. The number of hydrogen-bond donors (Lipinski definition) is 2. The Labute approximate surface area is 158 Å². The van der Waals surface area contributed by atoms with Crippen LogP contribution in [0.5, 0.6) is 5.75 Å². The van der Waals surface area contributed by atoms with E-state index in [0.717, 1.165) is 24.2 Å². The van der Waals surface area contributed by atoms with Crippen molar-refractivity contribution in [1.29, 1.82) is 0 Å². The molecule has 0 atom stereocenters. The zero-order valence-corrected chi connectivity index (χ0v) is 15.6. The minimum Gasteiger partial charge on any atom is -0.495 e. The molecule has 3 rings (SSSR count). The van der Waals surface area contributed by atoms with E-state index in [1.807, 2.05) is 25.1 Å². The van der Waals surface area contributed by atoms with E-state index in [9.17, 15) is 9.59 Å². The van der Waals surface area contributed by atoms with Crippen LogP contribution in [0.15, 0.2) is 36.4 Å². The van der Waals surface area contributed by atoms with Gasteiger partial charge in [-0.2, -0.15) is 0 Å². The second-order valence-electron chi connectivity index (χ2n) is 6.47. The number of piperidine rings is 1. The summed E-state index contributed by atoms with van der Waals surface area (Å²) >= 11 is 0. The van der Waals surface area contributed by atoms with Crippen LogP contribution in [0.1, 0.15) is 30.7 Å². The zero-order chi connectivity index (χ0) is 19.2. The van der Waals surface area contributed by atoms with Crippen LogP contribution in [0.3, 0.4) is 0 Å². The maximum absolute atomic E-state index is 12.2. The average molecular weight is 368 g/mol. The summed E-state index contributed by atoms with van der Waals surface area (Å²) in [5.74, 6) is 0.687. The Morgan fingerprint density at radius 3 is 2.85 bits per heavy atom. The van der Waals surface area contributed by atoms with E-state index in [1.54, 1.807) is 30.2 Å². The molecular weight excluding hydrogens is 344 g/mol. The topological polar surface area (TPSA) is 83.6 Å². The number of anilines is 2. The summed E-state index contributed by atoms with van der Waals surface area (Å²) in [6.07, 6.45) is 2.40. The van der Waals surface area contributed by atoms with Gasteiger partial charge in [-0.1, -0.05) is 6.07 Å². The van der Waals surface area contributed by atoms with Gasteiger partial charge >= 0.3 is 6.03 Å². The predicted octanol–water partition coefficient (Wildman–Crippen LogP) is 3.24. The van der Waals surface area contributed by atoms with Gasteiger partial charge in [0, 0.05) is 24.3 Å². The van der Waals surface area contributed by atoms with Crippen LogP contribution in [0.25, 0.3) is 0 Å². The summed E-state index contributed by atoms with van der Waals surface area (Å²) in [5, 5.41) is 5.59. The number of pyridine rings is 1. The lowest BCUT2D eigenvalue weighted by atomic mass is 10.1. The molecule has 1 aromatic heterocycles. The van der Waals surface area contributed by atoms with Gasteiger partial charge in [0.05, 0.1) is 25.0 Å². The Bertz CT molecular complexity index is 838. The van der Waals surface area contributed by atoms with Gasteiger partial charge in [0.2, 0.25) is 5.91 Å². The summed E-state index contributed by atoms with van der Waals surface area (Å²) in [7, 11) is 1.57. The van der Waals surface area contributed by atoms with Gasteiger partial charge in [-0.15, -0.1) is 0 Å². The van der Waals surface area contributed by atoms with E-state index in [0.29, 0.717) is 36.6 Å². The smallest absolute Gasteiger partial charge is 0.319 e. The summed E-state index contributed by atoms with van der Waals surface area (Å²) < 4.78 is 5.39. The van der Waals surface area contributed by atoms with Crippen molar-refractivity contribution in [2.75, 3.05) is 23.9 Å². The number of hydrogen-bond acceptors (Lipinski definition) is 4. The first-order valence-corrected chi connectivity index (χ1v) is 9.02. The van der Waals surface area contributed by atoms with Crippen LogP contribution < -0.4 is 20.3 Å². The van der Waals surface area contributed by atoms with E-state index in [2.05, 4.69) is 15.6 Å². The SMILES string of the molecule is COc1ccc(NC(=O)NCc2cccc(C)n2)cc1N1CCCCC1=O. The van der Waals surface area contributed by atoms with Gasteiger partial charge in [-0.3, -0.25) is 9.78 Å². The molecule has 1 saturated heterocycles. The van der Waals surface area contributed by atoms with E-state index in [1.165, 1.54) is 0 Å². The summed E-state index contributed by atoms with van der Waals surface area (Å²) in [6.45, 7) is 2.90. The number of ether oxygens (including phenoxy) is 1. The molecule has 3 amide bonds. The first-order chi connectivity index (χ1) is 13.1. The number of urea groups is 1. The van der Waals surface area contributed by atoms with E-state index >= 15 is 0 Å². The van der Waals surface area contributed by atoms with Gasteiger partial charge < -0.3 is 20.3 Å². The van der Waals surface area contributed by atoms with Crippen molar-refractivity contribution in [1.82, 2.24) is 10.3 Å². The molecule has 1 aliphatic rings. The lowest BCUT2D eigenvalue weighted by Crippen LogP contribution is -2.35. The van der Waals surface area contributed by atoms with E-state index in [4.69, 9.17) is 4.74 Å². The Morgan fingerprint density at radius 1 is 1.26 bits per heavy atom. The zero-order valence-electron chi connectivity index (χ0n) is 15.6. The van der Waals surface area contributed by atoms with Crippen LogP contribution in [-0.2, 0) is 11.3 Å². The first kappa shape index (κ1) is 18.7. The minimum atomic E-state index is -0.334. The number of carbonyl (C=O) groups excluding carboxylic acids is 2. The molecule has 2 N–H and O–H groups in total. The highest BCUT2D eigenvalue weighted by atomic mass is 16.5. The van der Waals surface area contributed by atoms with Gasteiger partial charge in [0.15, 0.2) is 0 Å². The lowest BCUT2D eigenvalue weighted by Gasteiger charge is -2.28. The van der Waals surface area contributed by atoms with Gasteiger partial charge in [0.1, 0.15) is 5.75 Å². The molecular formula is C20H24N4O3. The molecule has 2 heterocycles. The lowest BCUT2D eigenvalue weighted by molar-refractivity contribution is -0.119. The Morgan fingerprint density at radius 2 is 2.11 bits per heavy atom. The molecule has 1 aliphatic heterocycles. The molecule has 1 fully saturated rings. The van der Waals surface area contributed by atoms with E-state index in [-0.39, 0.29) is 11.9 Å². The fourth-order valence-electron chi connectivity index (χ4n) is 3.08. The maximum atomic E-state index is 12.2. The summed E-state index contributed by atoms with van der Waals surface area (Å²) in [4.78, 5) is 30.5. The van der Waals surface area contributed by atoms with Gasteiger partial charge in [-0.25, -0.2) is 4.79 Å². The Kier molecular flexibility index (Phi) is 5.90. The van der Waals surface area contributed by atoms with Crippen LogP contribution in [0.2, 0.25) is 0 Å². The number of aromatic nitrogens is 1. The summed E-state index contributed by atoms with van der Waals surface area (Å²) in [6, 6.07) is 10.6. The van der Waals surface area contributed by atoms with Crippen molar-refractivity contribution in [3.8, 4) is 5.75 Å². The highest BCUT2D eigenvalue weighted by Gasteiger charge is 2.23. The van der Waals surface area contributed by atoms with Crippen LogP contribution in [0, 0.1) is 6.92 Å². The third-order valence-corrected chi connectivity index (χ3v) is 4.43. The van der Waals surface area contributed by atoms with Crippen molar-refractivity contribution < 1.29 is 14.3 Å². The quantitative estimate of drug-likeness (QED) is 0.849. The molecule has 0 saturated carbocycles. The molecule has 1 aromatic carbocycles. The van der Waals surface area contributed by atoms with Crippen molar-refractivity contribution >= 4 is 23.3 Å².